The summed E-state index contributed by atoms with van der Waals surface area (Å²) in [6.45, 7) is 0. The molecule has 1 heterocycles. The van der Waals surface area contributed by atoms with Crippen LogP contribution in [0.2, 0.25) is 0 Å². The van der Waals surface area contributed by atoms with Crippen molar-refractivity contribution in [2.75, 3.05) is 5.73 Å². The van der Waals surface area contributed by atoms with Gasteiger partial charge in [-0.3, -0.25) is 4.79 Å². The Balaban J connectivity index is 1.82. The molecule has 5 N–H and O–H groups in total. The number of aromatic nitrogens is 1. The van der Waals surface area contributed by atoms with Gasteiger partial charge in [0.1, 0.15) is 5.69 Å². The van der Waals surface area contributed by atoms with Crippen LogP contribution in [-0.2, 0) is 6.42 Å². The fourth-order valence-corrected chi connectivity index (χ4v) is 2.51. The second-order valence-corrected chi connectivity index (χ2v) is 4.77. The number of amides is 1. The van der Waals surface area contributed by atoms with Crippen molar-refractivity contribution in [3.8, 4) is 0 Å². The molecule has 0 spiro atoms. The standard InChI is InChI=1S/C14H15N3O2/c15-9-6-11(16-7-9)14(19)17-13-10-4-2-1-3-8(10)5-12(13)18/h1-4,6-7,12-13,16,18H,5,15H2,(H,17,19)/t12-,13+/m1/s1. The molecule has 0 fully saturated rings. The molecule has 98 valence electrons. The van der Waals surface area contributed by atoms with Crippen LogP contribution < -0.4 is 11.1 Å². The van der Waals surface area contributed by atoms with E-state index in [-0.39, 0.29) is 11.9 Å². The minimum Gasteiger partial charge on any atom is -0.397 e. The number of rotatable bonds is 2. The smallest absolute Gasteiger partial charge is 0.268 e. The van der Waals surface area contributed by atoms with Gasteiger partial charge >= 0.3 is 0 Å². The van der Waals surface area contributed by atoms with E-state index in [1.165, 1.54) is 0 Å². The Morgan fingerprint density at radius 1 is 1.42 bits per heavy atom. The summed E-state index contributed by atoms with van der Waals surface area (Å²) in [7, 11) is 0. The van der Waals surface area contributed by atoms with E-state index >= 15 is 0 Å². The van der Waals surface area contributed by atoms with E-state index in [0.29, 0.717) is 17.8 Å². The largest absolute Gasteiger partial charge is 0.397 e. The first-order valence-electron chi connectivity index (χ1n) is 6.16. The minimum absolute atomic E-state index is 0.266. The zero-order valence-electron chi connectivity index (χ0n) is 10.3. The number of fused-ring (bicyclic) bond motifs is 1. The SMILES string of the molecule is Nc1c[nH]c(C(=O)N[C@H]2c3ccccc3C[C@H]2O)c1. The Labute approximate surface area is 110 Å². The lowest BCUT2D eigenvalue weighted by molar-refractivity contribution is 0.0854. The summed E-state index contributed by atoms with van der Waals surface area (Å²) in [4.78, 5) is 14.9. The van der Waals surface area contributed by atoms with Crippen molar-refractivity contribution in [1.29, 1.82) is 0 Å². The van der Waals surface area contributed by atoms with Gasteiger partial charge in [0.25, 0.3) is 5.91 Å². The number of aliphatic hydroxyl groups is 1. The van der Waals surface area contributed by atoms with Gasteiger partial charge in [-0.15, -0.1) is 0 Å². The van der Waals surface area contributed by atoms with Gasteiger partial charge < -0.3 is 21.1 Å². The van der Waals surface area contributed by atoms with Crippen LogP contribution in [0.3, 0.4) is 0 Å². The fraction of sp³-hybridized carbons (Fsp3) is 0.214. The third-order valence-corrected chi connectivity index (χ3v) is 3.44. The van der Waals surface area contributed by atoms with Gasteiger partial charge in [-0.2, -0.15) is 0 Å². The van der Waals surface area contributed by atoms with Crippen molar-refractivity contribution in [2.24, 2.45) is 0 Å². The summed E-state index contributed by atoms with van der Waals surface area (Å²) in [5.74, 6) is -0.266. The van der Waals surface area contributed by atoms with Crippen molar-refractivity contribution in [3.05, 3.63) is 53.3 Å². The molecule has 5 heteroatoms. The molecule has 19 heavy (non-hydrogen) atoms. The van der Waals surface area contributed by atoms with Gasteiger partial charge in [-0.05, 0) is 17.2 Å². The molecule has 2 aromatic rings. The number of nitrogens with one attached hydrogen (secondary N) is 2. The molecule has 2 atom stereocenters. The average Bonchev–Trinajstić information content (AvgIpc) is 2.95. The van der Waals surface area contributed by atoms with Gasteiger partial charge in [0.15, 0.2) is 0 Å². The van der Waals surface area contributed by atoms with Crippen LogP contribution in [0.5, 0.6) is 0 Å². The second-order valence-electron chi connectivity index (χ2n) is 4.77. The number of carbonyl (C=O) groups is 1. The minimum atomic E-state index is -0.589. The van der Waals surface area contributed by atoms with E-state index in [2.05, 4.69) is 10.3 Å². The zero-order chi connectivity index (χ0) is 13.4. The van der Waals surface area contributed by atoms with E-state index in [1.807, 2.05) is 24.3 Å². The number of hydrogen-bond acceptors (Lipinski definition) is 3. The molecule has 0 radical (unpaired) electrons. The number of anilines is 1. The molecule has 0 unspecified atom stereocenters. The number of benzene rings is 1. The van der Waals surface area contributed by atoms with Crippen molar-refractivity contribution in [1.82, 2.24) is 10.3 Å². The van der Waals surface area contributed by atoms with Crippen LogP contribution in [0.1, 0.15) is 27.7 Å². The molecule has 1 aliphatic rings. The van der Waals surface area contributed by atoms with Crippen LogP contribution in [0, 0.1) is 0 Å². The maximum absolute atomic E-state index is 12.1. The number of nitrogen functional groups attached to an aromatic ring is 1. The summed E-state index contributed by atoms with van der Waals surface area (Å²) in [6.07, 6.45) is 1.54. The molecular formula is C14H15N3O2. The highest BCUT2D eigenvalue weighted by Gasteiger charge is 2.32. The highest BCUT2D eigenvalue weighted by Crippen LogP contribution is 2.31. The Hall–Kier alpha value is -2.27. The molecule has 1 aromatic carbocycles. The highest BCUT2D eigenvalue weighted by atomic mass is 16.3. The van der Waals surface area contributed by atoms with Crippen LogP contribution in [0.15, 0.2) is 36.5 Å². The second kappa shape index (κ2) is 4.44. The molecule has 0 bridgehead atoms. The Kier molecular flexibility index (Phi) is 2.76. The molecule has 0 saturated carbocycles. The number of nitrogens with two attached hydrogens (primary N) is 1. The third-order valence-electron chi connectivity index (χ3n) is 3.44. The van der Waals surface area contributed by atoms with Crippen molar-refractivity contribution >= 4 is 11.6 Å². The van der Waals surface area contributed by atoms with Crippen LogP contribution in [0.4, 0.5) is 5.69 Å². The molecule has 3 rings (SSSR count). The van der Waals surface area contributed by atoms with Crippen molar-refractivity contribution in [2.45, 2.75) is 18.6 Å². The predicted molar refractivity (Wildman–Crippen MR) is 71.6 cm³/mol. The molecule has 0 saturated heterocycles. The van der Waals surface area contributed by atoms with Crippen molar-refractivity contribution in [3.63, 3.8) is 0 Å². The van der Waals surface area contributed by atoms with Crippen LogP contribution in [0.25, 0.3) is 0 Å². The number of H-pyrrole nitrogens is 1. The lowest BCUT2D eigenvalue weighted by atomic mass is 10.1. The van der Waals surface area contributed by atoms with E-state index in [4.69, 9.17) is 5.73 Å². The monoisotopic (exact) mass is 257 g/mol. The number of aromatic amines is 1. The highest BCUT2D eigenvalue weighted by molar-refractivity contribution is 5.93. The first-order valence-corrected chi connectivity index (χ1v) is 6.16. The Bertz CT molecular complexity index is 621. The summed E-state index contributed by atoms with van der Waals surface area (Å²) >= 11 is 0. The summed E-state index contributed by atoms with van der Waals surface area (Å²) < 4.78 is 0. The normalized spacial score (nSPS) is 21.1. The van der Waals surface area contributed by atoms with E-state index in [1.54, 1.807) is 12.3 Å². The Morgan fingerprint density at radius 3 is 2.95 bits per heavy atom. The van der Waals surface area contributed by atoms with E-state index < -0.39 is 6.10 Å². The lowest BCUT2D eigenvalue weighted by Gasteiger charge is -2.17. The zero-order valence-corrected chi connectivity index (χ0v) is 10.3. The molecular weight excluding hydrogens is 242 g/mol. The van der Waals surface area contributed by atoms with Gasteiger partial charge in [0.05, 0.1) is 12.1 Å². The summed E-state index contributed by atoms with van der Waals surface area (Å²) in [6, 6.07) is 8.94. The predicted octanol–water partition coefficient (Wildman–Crippen LogP) is 0.985. The quantitative estimate of drug-likeness (QED) is 0.646. The maximum atomic E-state index is 12.1. The van der Waals surface area contributed by atoms with Gasteiger partial charge in [0, 0.05) is 18.3 Å². The lowest BCUT2D eigenvalue weighted by Crippen LogP contribution is -2.34. The molecule has 1 amide bonds. The van der Waals surface area contributed by atoms with Crippen LogP contribution in [-0.4, -0.2) is 22.1 Å². The van der Waals surface area contributed by atoms with Crippen molar-refractivity contribution < 1.29 is 9.90 Å². The number of carbonyl (C=O) groups excluding carboxylic acids is 1. The van der Waals surface area contributed by atoms with Gasteiger partial charge in [0.2, 0.25) is 0 Å². The topological polar surface area (TPSA) is 91.1 Å². The summed E-state index contributed by atoms with van der Waals surface area (Å²) in [5.41, 5.74) is 8.53. The maximum Gasteiger partial charge on any atom is 0.268 e. The number of aliphatic hydroxyl groups excluding tert-OH is 1. The fourth-order valence-electron chi connectivity index (χ4n) is 2.51. The van der Waals surface area contributed by atoms with Gasteiger partial charge in [-0.1, -0.05) is 24.3 Å². The third kappa shape index (κ3) is 2.08. The summed E-state index contributed by atoms with van der Waals surface area (Å²) in [5, 5.41) is 12.9. The Morgan fingerprint density at radius 2 is 2.21 bits per heavy atom. The van der Waals surface area contributed by atoms with E-state index in [0.717, 1.165) is 11.1 Å². The molecule has 1 aromatic heterocycles. The molecule has 1 aliphatic carbocycles. The molecule has 0 aliphatic heterocycles. The first-order chi connectivity index (χ1) is 9.15. The van der Waals surface area contributed by atoms with E-state index in [9.17, 15) is 9.90 Å². The number of hydrogen-bond donors (Lipinski definition) is 4. The average molecular weight is 257 g/mol. The van der Waals surface area contributed by atoms with Crippen LogP contribution >= 0.6 is 0 Å². The van der Waals surface area contributed by atoms with Gasteiger partial charge in [-0.25, -0.2) is 0 Å². The molecule has 5 nitrogen and oxygen atoms in total. The first kappa shape index (κ1) is 11.8.